The first kappa shape index (κ1) is 11.9. The van der Waals surface area contributed by atoms with E-state index in [9.17, 15) is 0 Å². The van der Waals surface area contributed by atoms with E-state index in [1.807, 2.05) is 0 Å². The quantitative estimate of drug-likeness (QED) is 0.300. The summed E-state index contributed by atoms with van der Waals surface area (Å²) in [5.41, 5.74) is 4.93. The lowest BCUT2D eigenvalue weighted by Gasteiger charge is -2.12. The largest absolute Gasteiger partial charge is 0.364 e. The molecule has 0 N–H and O–H groups in total. The van der Waals surface area contributed by atoms with Crippen LogP contribution in [0.15, 0.2) is 71.1 Å². The SMILES string of the molecule is c1ccc2c(c1)CCc1cc3c(ccc4ccccc43)[o+]c1-2. The van der Waals surface area contributed by atoms with Gasteiger partial charge in [0.25, 0.3) is 0 Å². The molecule has 22 heavy (non-hydrogen) atoms. The zero-order valence-electron chi connectivity index (χ0n) is 12.2. The Morgan fingerprint density at radius 2 is 1.50 bits per heavy atom. The van der Waals surface area contributed by atoms with Gasteiger partial charge >= 0.3 is 11.3 Å². The maximum absolute atomic E-state index is 6.32. The predicted octanol–water partition coefficient (Wildman–Crippen LogP) is 5.63. The number of rotatable bonds is 0. The van der Waals surface area contributed by atoms with Gasteiger partial charge in [-0.1, -0.05) is 42.5 Å². The summed E-state index contributed by atoms with van der Waals surface area (Å²) in [6.07, 6.45) is 2.14. The van der Waals surface area contributed by atoms with Gasteiger partial charge in [0.05, 0.1) is 16.5 Å². The number of hydrogen-bond donors (Lipinski definition) is 0. The highest BCUT2D eigenvalue weighted by atomic mass is 16.3. The highest BCUT2D eigenvalue weighted by Gasteiger charge is 2.27. The van der Waals surface area contributed by atoms with E-state index in [0.717, 1.165) is 24.2 Å². The zero-order chi connectivity index (χ0) is 14.5. The highest BCUT2D eigenvalue weighted by Crippen LogP contribution is 2.37. The van der Waals surface area contributed by atoms with Crippen LogP contribution in [0.5, 0.6) is 0 Å². The van der Waals surface area contributed by atoms with Crippen LogP contribution >= 0.6 is 0 Å². The normalized spacial score (nSPS) is 13.1. The number of benzene rings is 3. The molecule has 1 heterocycles. The van der Waals surface area contributed by atoms with E-state index < -0.39 is 0 Å². The summed E-state index contributed by atoms with van der Waals surface area (Å²) >= 11 is 0. The lowest BCUT2D eigenvalue weighted by Crippen LogP contribution is -2.03. The molecule has 0 amide bonds. The Bertz CT molecular complexity index is 1030. The molecule has 0 atom stereocenters. The monoisotopic (exact) mass is 283 g/mol. The van der Waals surface area contributed by atoms with Crippen LogP contribution in [0.25, 0.3) is 33.1 Å². The van der Waals surface area contributed by atoms with Crippen LogP contribution in [0.3, 0.4) is 0 Å². The fourth-order valence-corrected chi connectivity index (χ4v) is 3.57. The molecule has 1 aliphatic carbocycles. The van der Waals surface area contributed by atoms with Crippen LogP contribution in [-0.2, 0) is 12.8 Å². The Morgan fingerprint density at radius 3 is 2.50 bits per heavy atom. The number of fused-ring (bicyclic) bond motifs is 6. The maximum Gasteiger partial charge on any atom is 0.364 e. The molecule has 104 valence electrons. The summed E-state index contributed by atoms with van der Waals surface area (Å²) in [5, 5.41) is 3.75. The van der Waals surface area contributed by atoms with Gasteiger partial charge in [0.1, 0.15) is 0 Å². The van der Waals surface area contributed by atoms with E-state index >= 15 is 0 Å². The van der Waals surface area contributed by atoms with Crippen molar-refractivity contribution in [3.63, 3.8) is 0 Å². The Labute approximate surface area is 128 Å². The lowest BCUT2D eigenvalue weighted by atomic mass is 9.89. The summed E-state index contributed by atoms with van der Waals surface area (Å²) in [7, 11) is 0. The van der Waals surface area contributed by atoms with E-state index in [0.29, 0.717) is 0 Å². The first-order valence-electron chi connectivity index (χ1n) is 7.76. The van der Waals surface area contributed by atoms with Gasteiger partial charge in [-0.15, -0.1) is 0 Å². The predicted molar refractivity (Wildman–Crippen MR) is 91.0 cm³/mol. The molecule has 1 heteroatoms. The van der Waals surface area contributed by atoms with Gasteiger partial charge in [-0.05, 0) is 47.4 Å². The van der Waals surface area contributed by atoms with E-state index in [1.165, 1.54) is 32.8 Å². The van der Waals surface area contributed by atoms with Crippen molar-refractivity contribution >= 4 is 21.7 Å². The van der Waals surface area contributed by atoms with Crippen molar-refractivity contribution in [2.75, 3.05) is 0 Å². The molecule has 1 nitrogen and oxygen atoms in total. The van der Waals surface area contributed by atoms with Crippen LogP contribution in [0.2, 0.25) is 0 Å². The molecule has 0 saturated carbocycles. The molecule has 0 fully saturated rings. The van der Waals surface area contributed by atoms with Crippen molar-refractivity contribution in [1.82, 2.24) is 0 Å². The lowest BCUT2D eigenvalue weighted by molar-refractivity contribution is 0.605. The summed E-state index contributed by atoms with van der Waals surface area (Å²) in [5.74, 6) is 1.05. The smallest absolute Gasteiger partial charge is 0.206 e. The van der Waals surface area contributed by atoms with Crippen LogP contribution in [0.4, 0.5) is 0 Å². The van der Waals surface area contributed by atoms with Gasteiger partial charge in [0.2, 0.25) is 0 Å². The third-order valence-electron chi connectivity index (χ3n) is 4.68. The summed E-state index contributed by atoms with van der Waals surface area (Å²) in [6, 6.07) is 23.6. The molecule has 0 spiro atoms. The summed E-state index contributed by atoms with van der Waals surface area (Å²) in [6.45, 7) is 0. The topological polar surface area (TPSA) is 11.3 Å². The Kier molecular flexibility index (Phi) is 2.39. The van der Waals surface area contributed by atoms with Crippen molar-refractivity contribution in [3.8, 4) is 11.3 Å². The minimum absolute atomic E-state index is 0.967. The first-order valence-corrected chi connectivity index (χ1v) is 7.76. The van der Waals surface area contributed by atoms with E-state index in [-0.39, 0.29) is 0 Å². The van der Waals surface area contributed by atoms with Crippen LogP contribution < -0.4 is 0 Å². The van der Waals surface area contributed by atoms with Crippen LogP contribution in [0, 0.1) is 0 Å². The Balaban J connectivity index is 1.88. The van der Waals surface area contributed by atoms with Crippen molar-refractivity contribution in [2.24, 2.45) is 0 Å². The van der Waals surface area contributed by atoms with Crippen molar-refractivity contribution in [2.45, 2.75) is 12.8 Å². The van der Waals surface area contributed by atoms with Gasteiger partial charge in [-0.3, -0.25) is 0 Å². The molecule has 0 unspecified atom stereocenters. The molecule has 0 bridgehead atoms. The minimum Gasteiger partial charge on any atom is -0.206 e. The second-order valence-electron chi connectivity index (χ2n) is 5.96. The molecule has 4 aromatic rings. The average Bonchev–Trinajstić information content (AvgIpc) is 2.60. The van der Waals surface area contributed by atoms with Gasteiger partial charge in [0, 0.05) is 6.07 Å². The molecular weight excluding hydrogens is 268 g/mol. The number of aryl methyl sites for hydroxylation is 2. The highest BCUT2D eigenvalue weighted by molar-refractivity contribution is 6.06. The third kappa shape index (κ3) is 1.62. The van der Waals surface area contributed by atoms with Crippen LogP contribution in [-0.4, -0.2) is 0 Å². The molecule has 1 aromatic heterocycles. The van der Waals surface area contributed by atoms with Gasteiger partial charge < -0.3 is 0 Å². The molecule has 0 radical (unpaired) electrons. The fraction of sp³-hybridized carbons (Fsp3) is 0.0952. The van der Waals surface area contributed by atoms with Crippen molar-refractivity contribution in [3.05, 3.63) is 77.9 Å². The summed E-state index contributed by atoms with van der Waals surface area (Å²) < 4.78 is 6.32. The van der Waals surface area contributed by atoms with Crippen molar-refractivity contribution in [1.29, 1.82) is 0 Å². The molecule has 0 aliphatic heterocycles. The van der Waals surface area contributed by atoms with E-state index in [1.54, 1.807) is 0 Å². The standard InChI is InChI=1S/C21H15O/c1-3-7-17-14(5-1)11-12-20-19(17)13-16-10-9-15-6-2-4-8-18(15)21(16)22-20/h1-8,11-13H,9-10H2/q+1. The van der Waals surface area contributed by atoms with Crippen molar-refractivity contribution < 1.29 is 4.42 Å². The Morgan fingerprint density at radius 1 is 0.682 bits per heavy atom. The second-order valence-corrected chi connectivity index (χ2v) is 5.96. The van der Waals surface area contributed by atoms with E-state index in [2.05, 4.69) is 66.7 Å². The van der Waals surface area contributed by atoms with Gasteiger partial charge in [-0.2, -0.15) is 0 Å². The number of hydrogen-bond acceptors (Lipinski definition) is 0. The minimum atomic E-state index is 0.967. The average molecular weight is 283 g/mol. The third-order valence-corrected chi connectivity index (χ3v) is 4.68. The van der Waals surface area contributed by atoms with Gasteiger partial charge in [-0.25, -0.2) is 4.42 Å². The molecular formula is C21H15O+. The Hall–Kier alpha value is -2.67. The van der Waals surface area contributed by atoms with E-state index in [4.69, 9.17) is 4.42 Å². The molecule has 0 saturated heterocycles. The maximum atomic E-state index is 6.32. The van der Waals surface area contributed by atoms with Gasteiger partial charge in [0.15, 0.2) is 0 Å². The molecule has 1 aliphatic rings. The summed E-state index contributed by atoms with van der Waals surface area (Å²) in [4.78, 5) is 0. The molecule has 3 aromatic carbocycles. The fourth-order valence-electron chi connectivity index (χ4n) is 3.57. The second kappa shape index (κ2) is 4.41. The zero-order valence-corrected chi connectivity index (χ0v) is 12.2. The molecule has 5 rings (SSSR count). The first-order chi connectivity index (χ1) is 10.9. The van der Waals surface area contributed by atoms with Crippen LogP contribution in [0.1, 0.15) is 11.1 Å².